The second-order valence-corrected chi connectivity index (χ2v) is 7.05. The molecule has 0 aliphatic carbocycles. The van der Waals surface area contributed by atoms with Gasteiger partial charge in [-0.15, -0.1) is 0 Å². The molecule has 1 amide bonds. The van der Waals surface area contributed by atoms with Crippen LogP contribution in [0.4, 0.5) is 0 Å². The molecule has 0 unspecified atom stereocenters. The number of carbonyl (C=O) groups is 1. The summed E-state index contributed by atoms with van der Waals surface area (Å²) < 4.78 is 1.37. The summed E-state index contributed by atoms with van der Waals surface area (Å²) in [7, 11) is 0. The van der Waals surface area contributed by atoms with E-state index in [4.69, 9.17) is 0 Å². The monoisotopic (exact) mass is 389 g/mol. The first kappa shape index (κ1) is 20.5. The lowest BCUT2D eigenvalue weighted by atomic mass is 9.88. The van der Waals surface area contributed by atoms with E-state index in [0.29, 0.717) is 13.1 Å². The summed E-state index contributed by atoms with van der Waals surface area (Å²) in [4.78, 5) is 24.4. The number of aryl methyl sites for hydroxylation is 1. The number of hydrogen-bond donors (Lipinski definition) is 1. The van der Waals surface area contributed by atoms with E-state index in [1.807, 2.05) is 36.4 Å². The maximum Gasteiger partial charge on any atom is 0.271 e. The molecule has 0 aliphatic heterocycles. The minimum Gasteiger partial charge on any atom is -0.351 e. The highest BCUT2D eigenvalue weighted by Crippen LogP contribution is 2.27. The SMILES string of the molecule is CCCCn1nc(C(=O)NCCC(c2ccccc2)c2ccccc2)ccc1=O. The number of aromatic nitrogens is 2. The highest BCUT2D eigenvalue weighted by Gasteiger charge is 2.15. The van der Waals surface area contributed by atoms with Crippen molar-refractivity contribution in [3.8, 4) is 0 Å². The van der Waals surface area contributed by atoms with Gasteiger partial charge in [-0.25, -0.2) is 4.68 Å². The average molecular weight is 389 g/mol. The number of unbranched alkanes of at least 4 members (excludes halogenated alkanes) is 1. The quantitative estimate of drug-likeness (QED) is 0.602. The van der Waals surface area contributed by atoms with Crippen LogP contribution in [0.25, 0.3) is 0 Å². The minimum absolute atomic E-state index is 0.178. The van der Waals surface area contributed by atoms with Crippen LogP contribution in [0.2, 0.25) is 0 Å². The van der Waals surface area contributed by atoms with Gasteiger partial charge in [-0.1, -0.05) is 74.0 Å². The van der Waals surface area contributed by atoms with Crippen molar-refractivity contribution in [3.63, 3.8) is 0 Å². The number of nitrogens with one attached hydrogen (secondary N) is 1. The molecule has 0 spiro atoms. The van der Waals surface area contributed by atoms with E-state index in [2.05, 4.69) is 41.6 Å². The molecule has 150 valence electrons. The van der Waals surface area contributed by atoms with Gasteiger partial charge in [0.05, 0.1) is 0 Å². The molecular formula is C24H27N3O2. The van der Waals surface area contributed by atoms with Crippen LogP contribution < -0.4 is 10.9 Å². The number of nitrogens with zero attached hydrogens (tertiary/aromatic N) is 2. The van der Waals surface area contributed by atoms with Crippen LogP contribution in [-0.4, -0.2) is 22.2 Å². The Hall–Kier alpha value is -3.21. The Balaban J connectivity index is 1.67. The summed E-state index contributed by atoms with van der Waals surface area (Å²) in [6, 6.07) is 23.5. The molecule has 0 saturated heterocycles. The summed E-state index contributed by atoms with van der Waals surface area (Å²) in [5.74, 6) is -0.0562. The fourth-order valence-corrected chi connectivity index (χ4v) is 3.36. The van der Waals surface area contributed by atoms with E-state index >= 15 is 0 Å². The van der Waals surface area contributed by atoms with E-state index < -0.39 is 0 Å². The molecule has 1 aromatic heterocycles. The third-order valence-electron chi connectivity index (χ3n) is 4.95. The molecule has 5 nitrogen and oxygen atoms in total. The second kappa shape index (κ2) is 10.4. The zero-order valence-corrected chi connectivity index (χ0v) is 16.8. The van der Waals surface area contributed by atoms with Crippen LogP contribution in [0.3, 0.4) is 0 Å². The average Bonchev–Trinajstić information content (AvgIpc) is 2.77. The maximum absolute atomic E-state index is 12.5. The van der Waals surface area contributed by atoms with E-state index in [9.17, 15) is 9.59 Å². The Kier molecular flexibility index (Phi) is 7.34. The fraction of sp³-hybridized carbons (Fsp3) is 0.292. The largest absolute Gasteiger partial charge is 0.351 e. The highest BCUT2D eigenvalue weighted by atomic mass is 16.2. The third-order valence-corrected chi connectivity index (χ3v) is 4.95. The lowest BCUT2D eigenvalue weighted by Gasteiger charge is -2.18. The Morgan fingerprint density at radius 1 is 0.966 bits per heavy atom. The number of amides is 1. The van der Waals surface area contributed by atoms with Gasteiger partial charge in [0.1, 0.15) is 5.69 Å². The first-order valence-electron chi connectivity index (χ1n) is 10.1. The van der Waals surface area contributed by atoms with Crippen molar-refractivity contribution in [1.29, 1.82) is 0 Å². The first-order chi connectivity index (χ1) is 14.2. The van der Waals surface area contributed by atoms with Gasteiger partial charge in [0, 0.05) is 25.1 Å². The van der Waals surface area contributed by atoms with Crippen LogP contribution in [0.5, 0.6) is 0 Å². The molecule has 1 N–H and O–H groups in total. The van der Waals surface area contributed by atoms with E-state index in [1.54, 1.807) is 0 Å². The molecule has 0 atom stereocenters. The normalized spacial score (nSPS) is 10.8. The van der Waals surface area contributed by atoms with Crippen molar-refractivity contribution in [2.24, 2.45) is 0 Å². The molecular weight excluding hydrogens is 362 g/mol. The standard InChI is InChI=1S/C24H27N3O2/c1-2-3-18-27-23(28)15-14-22(26-27)24(29)25-17-16-21(19-10-6-4-7-11-19)20-12-8-5-9-13-20/h4-15,21H,2-3,16-18H2,1H3,(H,25,29). The Morgan fingerprint density at radius 3 is 2.17 bits per heavy atom. The molecule has 2 aromatic carbocycles. The molecule has 5 heteroatoms. The topological polar surface area (TPSA) is 64.0 Å². The van der Waals surface area contributed by atoms with Gasteiger partial charge in [-0.05, 0) is 30.0 Å². The number of hydrogen-bond acceptors (Lipinski definition) is 3. The van der Waals surface area contributed by atoms with Crippen molar-refractivity contribution in [1.82, 2.24) is 15.1 Å². The molecule has 3 aromatic rings. The summed E-state index contributed by atoms with van der Waals surface area (Å²) in [6.45, 7) is 3.10. The van der Waals surface area contributed by atoms with Gasteiger partial charge in [0.2, 0.25) is 0 Å². The number of carbonyl (C=O) groups excluding carboxylic acids is 1. The molecule has 0 fully saturated rings. The van der Waals surface area contributed by atoms with Crippen LogP contribution in [0.1, 0.15) is 53.7 Å². The lowest BCUT2D eigenvalue weighted by molar-refractivity contribution is 0.0945. The van der Waals surface area contributed by atoms with E-state index in [-0.39, 0.29) is 23.1 Å². The molecule has 0 aliphatic rings. The van der Waals surface area contributed by atoms with E-state index in [0.717, 1.165) is 19.3 Å². The summed E-state index contributed by atoms with van der Waals surface area (Å²) in [5, 5.41) is 7.17. The first-order valence-corrected chi connectivity index (χ1v) is 10.1. The van der Waals surface area contributed by atoms with Gasteiger partial charge in [0.25, 0.3) is 11.5 Å². The van der Waals surface area contributed by atoms with Crippen molar-refractivity contribution >= 4 is 5.91 Å². The molecule has 0 bridgehead atoms. The van der Waals surface area contributed by atoms with Gasteiger partial charge in [0.15, 0.2) is 0 Å². The zero-order chi connectivity index (χ0) is 20.5. The van der Waals surface area contributed by atoms with Crippen LogP contribution in [0, 0.1) is 0 Å². The van der Waals surface area contributed by atoms with Crippen LogP contribution in [0.15, 0.2) is 77.6 Å². The van der Waals surface area contributed by atoms with Crippen molar-refractivity contribution in [2.75, 3.05) is 6.54 Å². The summed E-state index contributed by atoms with van der Waals surface area (Å²) in [5.41, 5.74) is 2.54. The third kappa shape index (κ3) is 5.64. The lowest BCUT2D eigenvalue weighted by Crippen LogP contribution is -2.30. The minimum atomic E-state index is -0.255. The van der Waals surface area contributed by atoms with Crippen molar-refractivity contribution < 1.29 is 4.79 Å². The molecule has 1 heterocycles. The Morgan fingerprint density at radius 2 is 1.59 bits per heavy atom. The van der Waals surface area contributed by atoms with Gasteiger partial charge < -0.3 is 5.32 Å². The zero-order valence-electron chi connectivity index (χ0n) is 16.8. The maximum atomic E-state index is 12.5. The molecule has 29 heavy (non-hydrogen) atoms. The predicted octanol–water partition coefficient (Wildman–Crippen LogP) is 4.00. The second-order valence-electron chi connectivity index (χ2n) is 7.05. The van der Waals surface area contributed by atoms with Crippen LogP contribution >= 0.6 is 0 Å². The number of rotatable bonds is 9. The van der Waals surface area contributed by atoms with Gasteiger partial charge in [-0.2, -0.15) is 5.10 Å². The number of benzene rings is 2. The smallest absolute Gasteiger partial charge is 0.271 e. The van der Waals surface area contributed by atoms with Crippen molar-refractivity contribution in [2.45, 2.75) is 38.6 Å². The molecule has 0 radical (unpaired) electrons. The fourth-order valence-electron chi connectivity index (χ4n) is 3.36. The Bertz CT molecular complexity index is 929. The summed E-state index contributed by atoms with van der Waals surface area (Å²) in [6.07, 6.45) is 2.59. The van der Waals surface area contributed by atoms with Crippen molar-refractivity contribution in [3.05, 3.63) is 100.0 Å². The molecule has 3 rings (SSSR count). The summed E-state index contributed by atoms with van der Waals surface area (Å²) >= 11 is 0. The van der Waals surface area contributed by atoms with Gasteiger partial charge >= 0.3 is 0 Å². The molecule has 0 saturated carbocycles. The van der Waals surface area contributed by atoms with Gasteiger partial charge in [-0.3, -0.25) is 9.59 Å². The Labute approximate surface area is 171 Å². The predicted molar refractivity (Wildman–Crippen MR) is 115 cm³/mol. The highest BCUT2D eigenvalue weighted by molar-refractivity contribution is 5.91. The van der Waals surface area contributed by atoms with Crippen LogP contribution in [-0.2, 0) is 6.54 Å². The van der Waals surface area contributed by atoms with E-state index in [1.165, 1.54) is 27.9 Å².